The Kier molecular flexibility index (Phi) is 4.32. The van der Waals surface area contributed by atoms with Gasteiger partial charge in [0.1, 0.15) is 0 Å². The van der Waals surface area contributed by atoms with Gasteiger partial charge in [-0.2, -0.15) is 5.10 Å². The standard InChI is InChI=1S/C20H23N5O/c1-13-19(14(2)24-23-13)18-8-5-11-25(18)20(26)22-12-15-9-10-21-17-7-4-3-6-16(15)17/h3-4,6-7,9-10,18H,5,8,11-12H2,1-2H3,(H,22,26)(H,23,24)/t18-/m1/s1. The monoisotopic (exact) mass is 349 g/mol. The van der Waals surface area contributed by atoms with Gasteiger partial charge in [-0.15, -0.1) is 0 Å². The third-order valence-electron chi connectivity index (χ3n) is 5.20. The summed E-state index contributed by atoms with van der Waals surface area (Å²) in [6, 6.07) is 10.0. The van der Waals surface area contributed by atoms with Crippen molar-refractivity contribution in [3.05, 3.63) is 59.0 Å². The van der Waals surface area contributed by atoms with Crippen molar-refractivity contribution in [2.45, 2.75) is 39.3 Å². The molecule has 134 valence electrons. The minimum atomic E-state index is -0.0200. The number of carbonyl (C=O) groups is 1. The van der Waals surface area contributed by atoms with Crippen LogP contribution < -0.4 is 5.32 Å². The summed E-state index contributed by atoms with van der Waals surface area (Å²) in [4.78, 5) is 19.2. The predicted octanol–water partition coefficient (Wildman–Crippen LogP) is 3.62. The van der Waals surface area contributed by atoms with E-state index in [1.807, 2.05) is 49.1 Å². The summed E-state index contributed by atoms with van der Waals surface area (Å²) in [6.07, 6.45) is 3.79. The van der Waals surface area contributed by atoms with Crippen LogP contribution in [0.2, 0.25) is 0 Å². The molecule has 2 N–H and O–H groups in total. The summed E-state index contributed by atoms with van der Waals surface area (Å²) in [6.45, 7) is 5.29. The molecule has 1 fully saturated rings. The first-order valence-corrected chi connectivity index (χ1v) is 9.03. The maximum absolute atomic E-state index is 12.9. The summed E-state index contributed by atoms with van der Waals surface area (Å²) in [5.74, 6) is 0. The van der Waals surface area contributed by atoms with Crippen LogP contribution in [-0.2, 0) is 6.54 Å². The highest BCUT2D eigenvalue weighted by molar-refractivity contribution is 5.82. The highest BCUT2D eigenvalue weighted by Crippen LogP contribution is 2.34. The third-order valence-corrected chi connectivity index (χ3v) is 5.20. The predicted molar refractivity (Wildman–Crippen MR) is 101 cm³/mol. The maximum atomic E-state index is 12.9. The number of hydrogen-bond acceptors (Lipinski definition) is 3. The lowest BCUT2D eigenvalue weighted by atomic mass is 10.0. The van der Waals surface area contributed by atoms with Crippen molar-refractivity contribution >= 4 is 16.9 Å². The van der Waals surface area contributed by atoms with E-state index in [-0.39, 0.29) is 12.1 Å². The van der Waals surface area contributed by atoms with Crippen molar-refractivity contribution in [2.75, 3.05) is 6.54 Å². The largest absolute Gasteiger partial charge is 0.334 e. The molecule has 1 aromatic carbocycles. The van der Waals surface area contributed by atoms with Crippen molar-refractivity contribution in [3.8, 4) is 0 Å². The van der Waals surface area contributed by atoms with Crippen molar-refractivity contribution in [1.29, 1.82) is 0 Å². The van der Waals surface area contributed by atoms with Gasteiger partial charge in [0.15, 0.2) is 0 Å². The fraction of sp³-hybridized carbons (Fsp3) is 0.350. The number of rotatable bonds is 3. The number of H-pyrrole nitrogens is 1. The highest BCUT2D eigenvalue weighted by Gasteiger charge is 2.32. The molecule has 6 heteroatoms. The van der Waals surface area contributed by atoms with E-state index in [1.54, 1.807) is 6.20 Å². The van der Waals surface area contributed by atoms with E-state index in [0.29, 0.717) is 6.54 Å². The number of carbonyl (C=O) groups excluding carboxylic acids is 1. The number of nitrogens with zero attached hydrogens (tertiary/aromatic N) is 3. The number of benzene rings is 1. The van der Waals surface area contributed by atoms with Crippen LogP contribution in [0.1, 0.15) is 41.4 Å². The van der Waals surface area contributed by atoms with Crippen LogP contribution in [0.25, 0.3) is 10.9 Å². The summed E-state index contributed by atoms with van der Waals surface area (Å²) >= 11 is 0. The van der Waals surface area contributed by atoms with E-state index < -0.39 is 0 Å². The minimum absolute atomic E-state index is 0.0200. The van der Waals surface area contributed by atoms with E-state index in [4.69, 9.17) is 0 Å². The Morgan fingerprint density at radius 1 is 1.31 bits per heavy atom. The van der Waals surface area contributed by atoms with Crippen LogP contribution in [0.4, 0.5) is 4.79 Å². The molecule has 1 atom stereocenters. The van der Waals surface area contributed by atoms with Gasteiger partial charge in [-0.3, -0.25) is 10.1 Å². The van der Waals surface area contributed by atoms with Gasteiger partial charge in [0, 0.05) is 35.9 Å². The Morgan fingerprint density at radius 2 is 2.15 bits per heavy atom. The van der Waals surface area contributed by atoms with E-state index in [0.717, 1.165) is 52.8 Å². The average molecular weight is 349 g/mol. The first-order chi connectivity index (χ1) is 12.6. The molecule has 0 spiro atoms. The molecule has 0 bridgehead atoms. The van der Waals surface area contributed by atoms with E-state index >= 15 is 0 Å². The molecule has 1 aliphatic heterocycles. The van der Waals surface area contributed by atoms with Gasteiger partial charge in [-0.1, -0.05) is 18.2 Å². The zero-order valence-electron chi connectivity index (χ0n) is 15.1. The lowest BCUT2D eigenvalue weighted by Crippen LogP contribution is -2.39. The molecule has 0 aliphatic carbocycles. The number of fused-ring (bicyclic) bond motifs is 1. The number of para-hydroxylation sites is 1. The molecule has 0 saturated carbocycles. The number of aryl methyl sites for hydroxylation is 2. The minimum Gasteiger partial charge on any atom is -0.334 e. The number of likely N-dealkylation sites (tertiary alicyclic amines) is 1. The molecule has 3 heterocycles. The Bertz CT molecular complexity index is 924. The second-order valence-corrected chi connectivity index (χ2v) is 6.85. The summed E-state index contributed by atoms with van der Waals surface area (Å²) < 4.78 is 0. The average Bonchev–Trinajstić information content (AvgIpc) is 3.26. The second kappa shape index (κ2) is 6.78. The van der Waals surface area contributed by atoms with Crippen molar-refractivity contribution in [3.63, 3.8) is 0 Å². The fourth-order valence-electron chi connectivity index (χ4n) is 3.94. The number of pyridine rings is 1. The summed E-state index contributed by atoms with van der Waals surface area (Å²) in [7, 11) is 0. The molecule has 3 aromatic rings. The first-order valence-electron chi connectivity index (χ1n) is 9.03. The molecule has 6 nitrogen and oxygen atoms in total. The van der Waals surface area contributed by atoms with Gasteiger partial charge >= 0.3 is 6.03 Å². The molecule has 1 aliphatic rings. The SMILES string of the molecule is Cc1n[nH]c(C)c1[C@H]1CCCN1C(=O)NCc1ccnc2ccccc12. The van der Waals surface area contributed by atoms with Gasteiger partial charge < -0.3 is 10.2 Å². The van der Waals surface area contributed by atoms with Gasteiger partial charge in [-0.05, 0) is 44.4 Å². The van der Waals surface area contributed by atoms with E-state index in [2.05, 4.69) is 20.5 Å². The zero-order chi connectivity index (χ0) is 18.1. The molecule has 4 rings (SSSR count). The Morgan fingerprint density at radius 3 is 2.96 bits per heavy atom. The van der Waals surface area contributed by atoms with Crippen LogP contribution in [0.15, 0.2) is 36.5 Å². The number of urea groups is 1. The zero-order valence-corrected chi connectivity index (χ0v) is 15.1. The van der Waals surface area contributed by atoms with Crippen LogP contribution in [-0.4, -0.2) is 32.7 Å². The smallest absolute Gasteiger partial charge is 0.318 e. The molecule has 1 saturated heterocycles. The Balaban J connectivity index is 1.51. The van der Waals surface area contributed by atoms with Gasteiger partial charge in [0.2, 0.25) is 0 Å². The highest BCUT2D eigenvalue weighted by atomic mass is 16.2. The van der Waals surface area contributed by atoms with Crippen molar-refractivity contribution in [2.24, 2.45) is 0 Å². The van der Waals surface area contributed by atoms with Gasteiger partial charge in [0.05, 0.1) is 17.3 Å². The first kappa shape index (κ1) is 16.6. The van der Waals surface area contributed by atoms with Crippen LogP contribution >= 0.6 is 0 Å². The van der Waals surface area contributed by atoms with Crippen LogP contribution in [0, 0.1) is 13.8 Å². The number of aromatic nitrogens is 3. The molecule has 0 unspecified atom stereocenters. The molecule has 0 radical (unpaired) electrons. The molecular formula is C20H23N5O. The third kappa shape index (κ3) is 2.92. The molecule has 26 heavy (non-hydrogen) atoms. The number of nitrogens with one attached hydrogen (secondary N) is 2. The number of aromatic amines is 1. The maximum Gasteiger partial charge on any atom is 0.318 e. The molecule has 2 amide bonds. The molecular weight excluding hydrogens is 326 g/mol. The van der Waals surface area contributed by atoms with Crippen LogP contribution in [0.5, 0.6) is 0 Å². The number of hydrogen-bond donors (Lipinski definition) is 2. The quantitative estimate of drug-likeness (QED) is 0.758. The van der Waals surface area contributed by atoms with E-state index in [9.17, 15) is 4.79 Å². The molecule has 2 aromatic heterocycles. The Hall–Kier alpha value is -2.89. The Labute approximate surface area is 152 Å². The lowest BCUT2D eigenvalue weighted by Gasteiger charge is -2.25. The fourth-order valence-corrected chi connectivity index (χ4v) is 3.94. The van der Waals surface area contributed by atoms with Crippen molar-refractivity contribution < 1.29 is 4.79 Å². The van der Waals surface area contributed by atoms with Gasteiger partial charge in [-0.25, -0.2) is 4.79 Å². The number of amides is 2. The van der Waals surface area contributed by atoms with Gasteiger partial charge in [0.25, 0.3) is 0 Å². The van der Waals surface area contributed by atoms with Crippen molar-refractivity contribution in [1.82, 2.24) is 25.4 Å². The topological polar surface area (TPSA) is 73.9 Å². The van der Waals surface area contributed by atoms with Crippen LogP contribution in [0.3, 0.4) is 0 Å². The summed E-state index contributed by atoms with van der Waals surface area (Å²) in [5, 5.41) is 11.5. The lowest BCUT2D eigenvalue weighted by molar-refractivity contribution is 0.192. The second-order valence-electron chi connectivity index (χ2n) is 6.85. The summed E-state index contributed by atoms with van der Waals surface area (Å²) in [5.41, 5.74) is 5.21. The van der Waals surface area contributed by atoms with E-state index in [1.165, 1.54) is 0 Å². The normalized spacial score (nSPS) is 17.0.